The van der Waals surface area contributed by atoms with Gasteiger partial charge in [0, 0.05) is 17.9 Å². The van der Waals surface area contributed by atoms with Gasteiger partial charge in [-0.1, -0.05) is 55.5 Å². The van der Waals surface area contributed by atoms with Gasteiger partial charge < -0.3 is 30.0 Å². The fraction of sp³-hybridized carbons (Fsp3) is 0.435. The Hall–Kier alpha value is -2.45. The van der Waals surface area contributed by atoms with Gasteiger partial charge in [-0.3, -0.25) is 0 Å². The molecule has 2 aromatic carbocycles. The molecule has 6 rings (SSSR count). The summed E-state index contributed by atoms with van der Waals surface area (Å²) in [5.74, 6) is -1.36. The van der Waals surface area contributed by atoms with Crippen LogP contribution in [-0.4, -0.2) is 51.1 Å². The first kappa shape index (κ1) is 19.5. The molecule has 3 aliphatic heterocycles. The molecule has 3 fully saturated rings. The molecular weight excluding hydrogens is 384 g/mol. The summed E-state index contributed by atoms with van der Waals surface area (Å²) >= 11 is 0. The van der Waals surface area contributed by atoms with Gasteiger partial charge in [-0.2, -0.15) is 0 Å². The Morgan fingerprint density at radius 3 is 2.13 bits per heavy atom. The molecule has 3 N–H and O–H groups in total. The molecule has 0 spiro atoms. The van der Waals surface area contributed by atoms with Crippen molar-refractivity contribution in [3.05, 3.63) is 59.7 Å². The summed E-state index contributed by atoms with van der Waals surface area (Å²) in [7, 11) is 0. The van der Waals surface area contributed by atoms with Crippen LogP contribution in [0.3, 0.4) is 0 Å². The number of hydrogen-bond acceptors (Lipinski definition) is 6. The van der Waals surface area contributed by atoms with Gasteiger partial charge in [-0.25, -0.2) is 4.79 Å². The van der Waals surface area contributed by atoms with Crippen molar-refractivity contribution in [3.63, 3.8) is 0 Å². The second-order valence-electron chi connectivity index (χ2n) is 8.54. The molecule has 0 radical (unpaired) electrons. The van der Waals surface area contributed by atoms with Gasteiger partial charge in [0.2, 0.25) is 0 Å². The van der Waals surface area contributed by atoms with Gasteiger partial charge in [-0.15, -0.1) is 0 Å². The molecule has 7 nitrogen and oxygen atoms in total. The van der Waals surface area contributed by atoms with Crippen LogP contribution in [-0.2, 0) is 18.9 Å². The Morgan fingerprint density at radius 1 is 1.07 bits per heavy atom. The average Bonchev–Trinajstić information content (AvgIpc) is 3.11. The molecule has 2 bridgehead atoms. The minimum absolute atomic E-state index is 0.00791. The first-order valence-electron chi connectivity index (χ1n) is 10.3. The number of nitrogens with one attached hydrogen (secondary N) is 1. The van der Waals surface area contributed by atoms with E-state index < -0.39 is 18.1 Å². The predicted molar refractivity (Wildman–Crippen MR) is 110 cm³/mol. The summed E-state index contributed by atoms with van der Waals surface area (Å²) in [6.07, 6.45) is -0.573. The van der Waals surface area contributed by atoms with E-state index in [-0.39, 0.29) is 24.5 Å². The smallest absolute Gasteiger partial charge is 0.407 e. The van der Waals surface area contributed by atoms with Crippen molar-refractivity contribution in [1.82, 2.24) is 5.32 Å². The van der Waals surface area contributed by atoms with E-state index in [0.717, 1.165) is 11.1 Å². The first-order chi connectivity index (χ1) is 14.5. The van der Waals surface area contributed by atoms with Crippen LogP contribution in [0.25, 0.3) is 11.1 Å². The highest BCUT2D eigenvalue weighted by atomic mass is 16.9. The molecule has 3 saturated heterocycles. The Kier molecular flexibility index (Phi) is 4.78. The summed E-state index contributed by atoms with van der Waals surface area (Å²) in [5.41, 5.74) is 10.4. The quantitative estimate of drug-likeness (QED) is 0.787. The van der Waals surface area contributed by atoms with E-state index in [1.54, 1.807) is 0 Å². The van der Waals surface area contributed by atoms with Crippen molar-refractivity contribution in [3.8, 4) is 11.1 Å². The molecule has 30 heavy (non-hydrogen) atoms. The number of benzene rings is 2. The van der Waals surface area contributed by atoms with Crippen LogP contribution >= 0.6 is 0 Å². The highest BCUT2D eigenvalue weighted by Gasteiger charge is 2.55. The number of hydrogen-bond donors (Lipinski definition) is 2. The lowest BCUT2D eigenvalue weighted by atomic mass is 9.91. The summed E-state index contributed by atoms with van der Waals surface area (Å²) in [4.78, 5) is 12.6. The highest BCUT2D eigenvalue weighted by molar-refractivity contribution is 5.79. The van der Waals surface area contributed by atoms with Crippen LogP contribution in [0.4, 0.5) is 4.79 Å². The third-order valence-corrected chi connectivity index (χ3v) is 6.16. The Balaban J connectivity index is 1.27. The van der Waals surface area contributed by atoms with E-state index in [1.807, 2.05) is 31.2 Å². The average molecular weight is 410 g/mol. The van der Waals surface area contributed by atoms with Crippen LogP contribution in [0.5, 0.6) is 0 Å². The van der Waals surface area contributed by atoms with E-state index in [1.165, 1.54) is 11.1 Å². The molecule has 1 atom stereocenters. The molecule has 2 aromatic rings. The minimum atomic E-state index is -1.35. The molecule has 1 aliphatic carbocycles. The van der Waals surface area contributed by atoms with E-state index in [4.69, 9.17) is 24.7 Å². The molecular formula is C23H26N2O5. The van der Waals surface area contributed by atoms with Crippen molar-refractivity contribution < 1.29 is 23.7 Å². The van der Waals surface area contributed by atoms with Crippen molar-refractivity contribution >= 4 is 6.09 Å². The number of alkyl carbamates (subject to hydrolysis) is 1. The third kappa shape index (κ3) is 3.18. The SMILES string of the molecule is CC12COC([C@H](CN)NC(=O)OCC3c4ccccc4-c4ccccc43)(OC1)OC2. The van der Waals surface area contributed by atoms with Crippen LogP contribution in [0.15, 0.2) is 48.5 Å². The molecule has 1 amide bonds. The molecule has 0 saturated carbocycles. The van der Waals surface area contributed by atoms with Gasteiger partial charge in [0.15, 0.2) is 0 Å². The zero-order valence-electron chi connectivity index (χ0n) is 16.9. The van der Waals surface area contributed by atoms with Gasteiger partial charge in [0.05, 0.1) is 19.8 Å². The standard InChI is InChI=1S/C23H26N2O5/c1-22-12-28-23(29-13-22,30-14-22)20(10-24)25-21(26)27-11-19-17-8-4-2-6-15(17)16-7-3-5-9-18(16)19/h2-9,19-20H,10-14,24H2,1H3,(H,25,26)/t20-,22?,23?/m0/s1. The number of carbonyl (C=O) groups is 1. The van der Waals surface area contributed by atoms with Gasteiger partial charge in [0.25, 0.3) is 0 Å². The van der Waals surface area contributed by atoms with E-state index in [9.17, 15) is 4.79 Å². The van der Waals surface area contributed by atoms with Crippen LogP contribution in [0, 0.1) is 5.41 Å². The summed E-state index contributed by atoms with van der Waals surface area (Å²) in [6, 6.07) is 15.8. The first-order valence-corrected chi connectivity index (χ1v) is 10.3. The minimum Gasteiger partial charge on any atom is -0.449 e. The Bertz CT molecular complexity index is 892. The van der Waals surface area contributed by atoms with Gasteiger partial charge in [0.1, 0.15) is 12.6 Å². The maximum absolute atomic E-state index is 12.6. The fourth-order valence-electron chi connectivity index (χ4n) is 4.45. The lowest BCUT2D eigenvalue weighted by molar-refractivity contribution is -0.472. The second kappa shape index (κ2) is 7.35. The van der Waals surface area contributed by atoms with Crippen molar-refractivity contribution in [2.24, 2.45) is 11.1 Å². The maximum Gasteiger partial charge on any atom is 0.407 e. The lowest BCUT2D eigenvalue weighted by Crippen LogP contribution is -2.69. The molecule has 7 heteroatoms. The van der Waals surface area contributed by atoms with Gasteiger partial charge in [-0.05, 0) is 22.3 Å². The number of rotatable bonds is 5. The zero-order valence-corrected chi connectivity index (χ0v) is 16.9. The van der Waals surface area contributed by atoms with Crippen LogP contribution in [0.1, 0.15) is 24.0 Å². The zero-order chi connectivity index (χ0) is 20.8. The summed E-state index contributed by atoms with van der Waals surface area (Å²) in [6.45, 7) is 3.85. The van der Waals surface area contributed by atoms with Crippen molar-refractivity contribution in [2.75, 3.05) is 33.0 Å². The number of ether oxygens (including phenoxy) is 4. The normalized spacial score (nSPS) is 27.9. The number of fused-ring (bicyclic) bond motifs is 6. The molecule has 3 heterocycles. The molecule has 0 aromatic heterocycles. The summed E-state index contributed by atoms with van der Waals surface area (Å²) < 4.78 is 23.0. The van der Waals surface area contributed by atoms with Crippen LogP contribution < -0.4 is 11.1 Å². The van der Waals surface area contributed by atoms with Crippen molar-refractivity contribution in [1.29, 1.82) is 0 Å². The monoisotopic (exact) mass is 410 g/mol. The van der Waals surface area contributed by atoms with E-state index in [0.29, 0.717) is 19.8 Å². The predicted octanol–water partition coefficient (Wildman–Crippen LogP) is 2.59. The number of nitrogens with two attached hydrogens (primary N) is 1. The Labute approximate surface area is 175 Å². The largest absolute Gasteiger partial charge is 0.449 e. The van der Waals surface area contributed by atoms with Crippen LogP contribution in [0.2, 0.25) is 0 Å². The third-order valence-electron chi connectivity index (χ3n) is 6.16. The van der Waals surface area contributed by atoms with Crippen molar-refractivity contribution in [2.45, 2.75) is 24.9 Å². The maximum atomic E-state index is 12.6. The second-order valence-corrected chi connectivity index (χ2v) is 8.54. The number of carbonyl (C=O) groups excluding carboxylic acids is 1. The Morgan fingerprint density at radius 2 is 1.60 bits per heavy atom. The summed E-state index contributed by atoms with van der Waals surface area (Å²) in [5, 5.41) is 2.78. The highest BCUT2D eigenvalue weighted by Crippen LogP contribution is 2.44. The lowest BCUT2D eigenvalue weighted by Gasteiger charge is -2.52. The van der Waals surface area contributed by atoms with Gasteiger partial charge >= 0.3 is 12.1 Å². The van der Waals surface area contributed by atoms with E-state index >= 15 is 0 Å². The topological polar surface area (TPSA) is 92.0 Å². The molecule has 4 aliphatic rings. The molecule has 158 valence electrons. The molecule has 0 unspecified atom stereocenters. The van der Waals surface area contributed by atoms with E-state index in [2.05, 4.69) is 29.6 Å². The fourth-order valence-corrected chi connectivity index (χ4v) is 4.45. The number of amides is 1.